The SMILES string of the molecule is CCCCN(C)c1ncnc(Nc2cccc3ncccc23)c1N. The molecule has 2 aromatic heterocycles. The number of hydrogen-bond acceptors (Lipinski definition) is 6. The van der Waals surface area contributed by atoms with Crippen molar-refractivity contribution in [2.24, 2.45) is 0 Å². The fourth-order valence-corrected chi connectivity index (χ4v) is 2.63. The van der Waals surface area contributed by atoms with Crippen LogP contribution in [0.3, 0.4) is 0 Å². The molecule has 0 fully saturated rings. The molecule has 6 nitrogen and oxygen atoms in total. The molecule has 6 heteroatoms. The van der Waals surface area contributed by atoms with Crippen molar-refractivity contribution in [2.45, 2.75) is 19.8 Å². The molecule has 24 heavy (non-hydrogen) atoms. The van der Waals surface area contributed by atoms with Gasteiger partial charge in [0.25, 0.3) is 0 Å². The summed E-state index contributed by atoms with van der Waals surface area (Å²) >= 11 is 0. The number of benzene rings is 1. The van der Waals surface area contributed by atoms with Gasteiger partial charge in [0.15, 0.2) is 11.6 Å². The highest BCUT2D eigenvalue weighted by atomic mass is 15.2. The number of nitrogens with one attached hydrogen (secondary N) is 1. The second-order valence-corrected chi connectivity index (χ2v) is 5.74. The molecule has 1 aromatic carbocycles. The number of nitrogens with zero attached hydrogens (tertiary/aromatic N) is 4. The summed E-state index contributed by atoms with van der Waals surface area (Å²) in [5.74, 6) is 1.36. The summed E-state index contributed by atoms with van der Waals surface area (Å²) in [4.78, 5) is 15.1. The Hall–Kier alpha value is -2.89. The molecule has 124 valence electrons. The molecule has 0 aliphatic heterocycles. The van der Waals surface area contributed by atoms with E-state index in [1.54, 1.807) is 12.5 Å². The average molecular weight is 322 g/mol. The number of hydrogen-bond donors (Lipinski definition) is 2. The highest BCUT2D eigenvalue weighted by Crippen LogP contribution is 2.30. The van der Waals surface area contributed by atoms with Gasteiger partial charge in [-0.3, -0.25) is 4.98 Å². The standard InChI is InChI=1S/C18H22N6/c1-3-4-11-24(2)18-16(19)17(21-12-22-18)23-15-9-5-8-14-13(15)7-6-10-20-14/h5-10,12H,3-4,11,19H2,1-2H3,(H,21,22,23). The molecule has 0 bridgehead atoms. The van der Waals surface area contributed by atoms with Crippen LogP contribution in [-0.4, -0.2) is 28.5 Å². The molecule has 0 radical (unpaired) electrons. The van der Waals surface area contributed by atoms with Gasteiger partial charge in [-0.1, -0.05) is 19.4 Å². The maximum Gasteiger partial charge on any atom is 0.159 e. The molecule has 3 N–H and O–H groups in total. The maximum atomic E-state index is 6.30. The van der Waals surface area contributed by atoms with Crippen LogP contribution in [0, 0.1) is 0 Å². The van der Waals surface area contributed by atoms with Gasteiger partial charge in [-0.15, -0.1) is 0 Å². The van der Waals surface area contributed by atoms with Gasteiger partial charge in [-0.2, -0.15) is 0 Å². The van der Waals surface area contributed by atoms with E-state index >= 15 is 0 Å². The van der Waals surface area contributed by atoms with Crippen molar-refractivity contribution in [1.29, 1.82) is 0 Å². The molecule has 0 amide bonds. The van der Waals surface area contributed by atoms with Gasteiger partial charge < -0.3 is 16.0 Å². The fraction of sp³-hybridized carbons (Fsp3) is 0.278. The zero-order valence-corrected chi connectivity index (χ0v) is 14.0. The summed E-state index contributed by atoms with van der Waals surface area (Å²) in [5, 5.41) is 4.35. The molecule has 3 rings (SSSR count). The smallest absolute Gasteiger partial charge is 0.159 e. The number of aromatic nitrogens is 3. The van der Waals surface area contributed by atoms with Crippen LogP contribution in [0.25, 0.3) is 10.9 Å². The average Bonchev–Trinajstić information content (AvgIpc) is 2.61. The van der Waals surface area contributed by atoms with Gasteiger partial charge in [0.05, 0.1) is 5.52 Å². The van der Waals surface area contributed by atoms with Crippen molar-refractivity contribution in [3.8, 4) is 0 Å². The topological polar surface area (TPSA) is 80.0 Å². The summed E-state index contributed by atoms with van der Waals surface area (Å²) in [6.07, 6.45) is 5.55. The van der Waals surface area contributed by atoms with Gasteiger partial charge in [-0.05, 0) is 30.7 Å². The van der Waals surface area contributed by atoms with Crippen LogP contribution in [-0.2, 0) is 0 Å². The Balaban J connectivity index is 1.92. The van der Waals surface area contributed by atoms with Crippen LogP contribution in [0.15, 0.2) is 42.9 Å². The molecule has 0 saturated heterocycles. The molecule has 3 aromatic rings. The van der Waals surface area contributed by atoms with Gasteiger partial charge in [0.1, 0.15) is 12.0 Å². The second kappa shape index (κ2) is 7.12. The summed E-state index contributed by atoms with van der Waals surface area (Å²) in [6, 6.07) is 9.88. The van der Waals surface area contributed by atoms with E-state index in [1.165, 1.54) is 0 Å². The lowest BCUT2D eigenvalue weighted by molar-refractivity contribution is 0.759. The third-order valence-electron chi connectivity index (χ3n) is 3.97. The minimum atomic E-state index is 0.553. The van der Waals surface area contributed by atoms with E-state index < -0.39 is 0 Å². The van der Waals surface area contributed by atoms with Crippen LogP contribution in [0.4, 0.5) is 23.0 Å². The summed E-state index contributed by atoms with van der Waals surface area (Å²) < 4.78 is 0. The molecule has 0 spiro atoms. The quantitative estimate of drug-likeness (QED) is 0.722. The summed E-state index contributed by atoms with van der Waals surface area (Å²) in [5.41, 5.74) is 8.71. The Labute approximate surface area is 141 Å². The highest BCUT2D eigenvalue weighted by molar-refractivity contribution is 5.94. The molecular weight excluding hydrogens is 300 g/mol. The van der Waals surface area contributed by atoms with Gasteiger partial charge in [0, 0.05) is 30.9 Å². The highest BCUT2D eigenvalue weighted by Gasteiger charge is 2.13. The Morgan fingerprint density at radius 1 is 1.12 bits per heavy atom. The molecule has 0 aliphatic rings. The largest absolute Gasteiger partial charge is 0.393 e. The Kier molecular flexibility index (Phi) is 4.74. The summed E-state index contributed by atoms with van der Waals surface area (Å²) in [6.45, 7) is 3.08. The first-order chi connectivity index (χ1) is 11.7. The minimum Gasteiger partial charge on any atom is -0.393 e. The monoisotopic (exact) mass is 322 g/mol. The van der Waals surface area contributed by atoms with E-state index in [0.29, 0.717) is 11.5 Å². The van der Waals surface area contributed by atoms with E-state index in [0.717, 1.165) is 41.8 Å². The van der Waals surface area contributed by atoms with Crippen molar-refractivity contribution in [2.75, 3.05) is 29.5 Å². The first-order valence-electron chi connectivity index (χ1n) is 8.13. The van der Waals surface area contributed by atoms with Crippen LogP contribution < -0.4 is 16.0 Å². The predicted octanol–water partition coefficient (Wildman–Crippen LogP) is 3.59. The minimum absolute atomic E-state index is 0.553. The Morgan fingerprint density at radius 2 is 2.00 bits per heavy atom. The molecular formula is C18H22N6. The molecule has 0 unspecified atom stereocenters. The van der Waals surface area contributed by atoms with E-state index in [9.17, 15) is 0 Å². The van der Waals surface area contributed by atoms with Crippen molar-refractivity contribution < 1.29 is 0 Å². The number of rotatable bonds is 6. The first-order valence-corrected chi connectivity index (χ1v) is 8.13. The molecule has 0 aliphatic carbocycles. The number of nitrogens with two attached hydrogens (primary N) is 1. The van der Waals surface area contributed by atoms with Crippen LogP contribution in [0.1, 0.15) is 19.8 Å². The van der Waals surface area contributed by atoms with Crippen LogP contribution in [0.5, 0.6) is 0 Å². The lowest BCUT2D eigenvalue weighted by atomic mass is 10.2. The van der Waals surface area contributed by atoms with Crippen molar-refractivity contribution in [3.63, 3.8) is 0 Å². The Morgan fingerprint density at radius 3 is 2.83 bits per heavy atom. The van der Waals surface area contributed by atoms with E-state index in [2.05, 4.69) is 32.1 Å². The van der Waals surface area contributed by atoms with E-state index in [1.807, 2.05) is 37.4 Å². The van der Waals surface area contributed by atoms with E-state index in [4.69, 9.17) is 5.73 Å². The number of nitrogen functional groups attached to an aromatic ring is 1. The van der Waals surface area contributed by atoms with E-state index in [-0.39, 0.29) is 0 Å². The maximum absolute atomic E-state index is 6.30. The second-order valence-electron chi connectivity index (χ2n) is 5.74. The number of unbranched alkanes of at least 4 members (excludes halogenated alkanes) is 1. The molecule has 2 heterocycles. The Bertz CT molecular complexity index is 827. The zero-order chi connectivity index (χ0) is 16.9. The van der Waals surface area contributed by atoms with Gasteiger partial charge in [0.2, 0.25) is 0 Å². The lowest BCUT2D eigenvalue weighted by Crippen LogP contribution is -2.21. The fourth-order valence-electron chi connectivity index (χ4n) is 2.63. The number of anilines is 4. The number of pyridine rings is 1. The van der Waals surface area contributed by atoms with Crippen molar-refractivity contribution >= 4 is 33.9 Å². The third-order valence-corrected chi connectivity index (χ3v) is 3.97. The number of fused-ring (bicyclic) bond motifs is 1. The van der Waals surface area contributed by atoms with Crippen LogP contribution >= 0.6 is 0 Å². The van der Waals surface area contributed by atoms with Crippen molar-refractivity contribution in [1.82, 2.24) is 15.0 Å². The van der Waals surface area contributed by atoms with Gasteiger partial charge in [-0.25, -0.2) is 9.97 Å². The first kappa shape index (κ1) is 16.0. The molecule has 0 atom stereocenters. The van der Waals surface area contributed by atoms with Crippen LogP contribution in [0.2, 0.25) is 0 Å². The van der Waals surface area contributed by atoms with Crippen molar-refractivity contribution in [3.05, 3.63) is 42.9 Å². The van der Waals surface area contributed by atoms with Gasteiger partial charge >= 0.3 is 0 Å². The summed E-state index contributed by atoms with van der Waals surface area (Å²) in [7, 11) is 2.00. The normalized spacial score (nSPS) is 10.8. The predicted molar refractivity (Wildman–Crippen MR) is 99.6 cm³/mol. The zero-order valence-electron chi connectivity index (χ0n) is 14.0. The molecule has 0 saturated carbocycles. The lowest BCUT2D eigenvalue weighted by Gasteiger charge is -2.20. The third kappa shape index (κ3) is 3.22.